The van der Waals surface area contributed by atoms with Gasteiger partial charge < -0.3 is 5.11 Å². The van der Waals surface area contributed by atoms with Crippen molar-refractivity contribution in [1.82, 2.24) is 4.57 Å². The van der Waals surface area contributed by atoms with Crippen LogP contribution < -0.4 is 5.56 Å². The molecule has 0 aliphatic heterocycles. The molecular weight excluding hydrogens is 216 g/mol. The van der Waals surface area contributed by atoms with E-state index in [1.807, 2.05) is 0 Å². The van der Waals surface area contributed by atoms with Crippen molar-refractivity contribution in [1.29, 1.82) is 0 Å². The summed E-state index contributed by atoms with van der Waals surface area (Å²) < 4.78 is 0.862. The third-order valence-electron chi connectivity index (χ3n) is 2.16. The van der Waals surface area contributed by atoms with Crippen LogP contribution in [-0.2, 0) is 4.79 Å². The van der Waals surface area contributed by atoms with Crippen molar-refractivity contribution in [3.05, 3.63) is 38.8 Å². The molecule has 0 aromatic carbocycles. The van der Waals surface area contributed by atoms with E-state index < -0.39 is 28.2 Å². The molecule has 7 heteroatoms. The molecule has 0 saturated heterocycles. The molecule has 0 spiro atoms. The quantitative estimate of drug-likeness (QED) is 0.604. The maximum absolute atomic E-state index is 11.6. The largest absolute Gasteiger partial charge is 0.480 e. The summed E-state index contributed by atoms with van der Waals surface area (Å²) in [6.45, 7) is 1.59. The second-order valence-electron chi connectivity index (χ2n) is 3.13. The second kappa shape index (κ2) is 4.56. The highest BCUT2D eigenvalue weighted by Crippen LogP contribution is 2.11. The van der Waals surface area contributed by atoms with Crippen LogP contribution in [0.3, 0.4) is 0 Å². The van der Waals surface area contributed by atoms with Crippen LogP contribution in [0.15, 0.2) is 23.1 Å². The number of carboxylic acid groups (broad SMARTS) is 1. The first-order valence-electron chi connectivity index (χ1n) is 4.57. The van der Waals surface area contributed by atoms with Gasteiger partial charge in [-0.15, -0.1) is 0 Å². The van der Waals surface area contributed by atoms with Crippen molar-refractivity contribution in [2.24, 2.45) is 0 Å². The average Bonchev–Trinajstić information content (AvgIpc) is 2.20. The third kappa shape index (κ3) is 2.08. The minimum Gasteiger partial charge on any atom is -0.480 e. The summed E-state index contributed by atoms with van der Waals surface area (Å²) in [5.74, 6) is -1.19. The first-order valence-corrected chi connectivity index (χ1v) is 4.57. The lowest BCUT2D eigenvalue weighted by atomic mass is 10.2. The summed E-state index contributed by atoms with van der Waals surface area (Å²) in [5.41, 5.74) is -1.52. The van der Waals surface area contributed by atoms with E-state index in [4.69, 9.17) is 5.11 Å². The maximum atomic E-state index is 11.6. The van der Waals surface area contributed by atoms with Gasteiger partial charge >= 0.3 is 17.2 Å². The average molecular weight is 226 g/mol. The highest BCUT2D eigenvalue weighted by atomic mass is 16.6. The molecule has 1 N–H and O–H groups in total. The lowest BCUT2D eigenvalue weighted by Gasteiger charge is -2.12. The SMILES string of the molecule is CCC(C(=O)O)n1cccc([N+](=O)[O-])c1=O. The normalized spacial score (nSPS) is 12.1. The zero-order chi connectivity index (χ0) is 12.3. The van der Waals surface area contributed by atoms with E-state index in [9.17, 15) is 19.7 Å². The van der Waals surface area contributed by atoms with Crippen LogP contribution in [0.1, 0.15) is 19.4 Å². The van der Waals surface area contributed by atoms with E-state index >= 15 is 0 Å². The Labute approximate surface area is 90.1 Å². The molecule has 86 valence electrons. The second-order valence-corrected chi connectivity index (χ2v) is 3.13. The fourth-order valence-electron chi connectivity index (χ4n) is 1.37. The molecule has 0 saturated carbocycles. The first kappa shape index (κ1) is 11.9. The van der Waals surface area contributed by atoms with Gasteiger partial charge in [-0.3, -0.25) is 19.5 Å². The van der Waals surface area contributed by atoms with E-state index in [2.05, 4.69) is 0 Å². The zero-order valence-electron chi connectivity index (χ0n) is 8.49. The molecule has 0 amide bonds. The lowest BCUT2D eigenvalue weighted by Crippen LogP contribution is -2.30. The number of nitrogens with zero attached hydrogens (tertiary/aromatic N) is 2. The van der Waals surface area contributed by atoms with E-state index in [1.165, 1.54) is 12.3 Å². The predicted molar refractivity (Wildman–Crippen MR) is 54.3 cm³/mol. The van der Waals surface area contributed by atoms with Crippen LogP contribution in [0, 0.1) is 10.1 Å². The summed E-state index contributed by atoms with van der Waals surface area (Å²) in [6.07, 6.45) is 1.41. The Morgan fingerprint density at radius 2 is 2.31 bits per heavy atom. The molecule has 1 heterocycles. The van der Waals surface area contributed by atoms with E-state index in [0.29, 0.717) is 0 Å². The number of hydrogen-bond donors (Lipinski definition) is 1. The van der Waals surface area contributed by atoms with E-state index in [-0.39, 0.29) is 6.42 Å². The lowest BCUT2D eigenvalue weighted by molar-refractivity contribution is -0.386. The van der Waals surface area contributed by atoms with Crippen LogP contribution in [0.4, 0.5) is 5.69 Å². The van der Waals surface area contributed by atoms with Crippen molar-refractivity contribution in [2.45, 2.75) is 19.4 Å². The summed E-state index contributed by atoms with van der Waals surface area (Å²) in [6, 6.07) is 1.26. The van der Waals surface area contributed by atoms with Gasteiger partial charge in [0, 0.05) is 12.3 Å². The third-order valence-corrected chi connectivity index (χ3v) is 2.16. The Morgan fingerprint density at radius 1 is 1.69 bits per heavy atom. The molecule has 1 unspecified atom stereocenters. The number of aromatic nitrogens is 1. The molecule has 1 aromatic rings. The fourth-order valence-corrected chi connectivity index (χ4v) is 1.37. The Hall–Kier alpha value is -2.18. The molecule has 1 rings (SSSR count). The van der Waals surface area contributed by atoms with Crippen LogP contribution in [0.2, 0.25) is 0 Å². The number of rotatable bonds is 4. The molecule has 16 heavy (non-hydrogen) atoms. The first-order chi connectivity index (χ1) is 7.49. The molecular formula is C9H10N2O5. The standard InChI is InChI=1S/C9H10N2O5/c1-2-6(9(13)14)10-5-3-4-7(8(10)12)11(15)16/h3-6H,2H2,1H3,(H,13,14). The minimum absolute atomic E-state index is 0.177. The molecule has 1 atom stereocenters. The van der Waals surface area contributed by atoms with Crippen molar-refractivity contribution < 1.29 is 14.8 Å². The Balaban J connectivity index is 3.35. The van der Waals surface area contributed by atoms with Gasteiger partial charge in [0.2, 0.25) is 0 Å². The number of pyridine rings is 1. The van der Waals surface area contributed by atoms with E-state index in [0.717, 1.165) is 10.6 Å². The predicted octanol–water partition coefficient (Wildman–Crippen LogP) is 0.792. The van der Waals surface area contributed by atoms with Gasteiger partial charge in [-0.1, -0.05) is 6.92 Å². The number of carboxylic acids is 1. The van der Waals surface area contributed by atoms with Gasteiger partial charge in [-0.2, -0.15) is 0 Å². The Kier molecular flexibility index (Phi) is 3.39. The Bertz CT molecular complexity index is 479. The molecule has 0 aliphatic carbocycles. The van der Waals surface area contributed by atoms with Crippen LogP contribution in [-0.4, -0.2) is 20.6 Å². The summed E-state index contributed by atoms with van der Waals surface area (Å²) in [7, 11) is 0. The van der Waals surface area contributed by atoms with Gasteiger partial charge in [0.1, 0.15) is 6.04 Å². The molecule has 0 fully saturated rings. The van der Waals surface area contributed by atoms with Crippen LogP contribution in [0.5, 0.6) is 0 Å². The van der Waals surface area contributed by atoms with Crippen molar-refractivity contribution in [3.63, 3.8) is 0 Å². The van der Waals surface area contributed by atoms with Gasteiger partial charge in [-0.05, 0) is 12.5 Å². The Morgan fingerprint density at radius 3 is 2.75 bits per heavy atom. The summed E-state index contributed by atoms with van der Waals surface area (Å²) >= 11 is 0. The maximum Gasteiger partial charge on any atom is 0.334 e. The summed E-state index contributed by atoms with van der Waals surface area (Å²) in [4.78, 5) is 32.1. The number of nitro groups is 1. The fraction of sp³-hybridized carbons (Fsp3) is 0.333. The molecule has 0 aliphatic rings. The molecule has 0 radical (unpaired) electrons. The van der Waals surface area contributed by atoms with Crippen LogP contribution >= 0.6 is 0 Å². The summed E-state index contributed by atoms with van der Waals surface area (Å²) in [5, 5.41) is 19.4. The topological polar surface area (TPSA) is 102 Å². The van der Waals surface area contributed by atoms with E-state index in [1.54, 1.807) is 6.92 Å². The smallest absolute Gasteiger partial charge is 0.334 e. The van der Waals surface area contributed by atoms with Crippen molar-refractivity contribution in [2.75, 3.05) is 0 Å². The molecule has 7 nitrogen and oxygen atoms in total. The van der Waals surface area contributed by atoms with Gasteiger partial charge in [-0.25, -0.2) is 4.79 Å². The molecule has 1 aromatic heterocycles. The van der Waals surface area contributed by atoms with Crippen molar-refractivity contribution >= 4 is 11.7 Å². The van der Waals surface area contributed by atoms with Crippen LogP contribution in [0.25, 0.3) is 0 Å². The molecule has 0 bridgehead atoms. The number of carbonyl (C=O) groups is 1. The number of aliphatic carboxylic acids is 1. The van der Waals surface area contributed by atoms with Gasteiger partial charge in [0.05, 0.1) is 4.92 Å². The van der Waals surface area contributed by atoms with Gasteiger partial charge in [0.25, 0.3) is 0 Å². The zero-order valence-corrected chi connectivity index (χ0v) is 8.49. The number of hydrogen-bond acceptors (Lipinski definition) is 4. The highest BCUT2D eigenvalue weighted by molar-refractivity contribution is 5.71. The van der Waals surface area contributed by atoms with Crippen molar-refractivity contribution in [3.8, 4) is 0 Å². The highest BCUT2D eigenvalue weighted by Gasteiger charge is 2.22. The minimum atomic E-state index is -1.19. The van der Waals surface area contributed by atoms with Gasteiger partial charge in [0.15, 0.2) is 0 Å². The monoisotopic (exact) mass is 226 g/mol.